The number of aliphatic carboxylic acids is 1. The van der Waals surface area contributed by atoms with Gasteiger partial charge in [-0.05, 0) is 53.8 Å². The van der Waals surface area contributed by atoms with E-state index < -0.39 is 5.97 Å². The molecular weight excluding hydrogens is 352 g/mol. The number of nitrogens with zero attached hydrogens (tertiary/aromatic N) is 1. The average molecular weight is 374 g/mol. The van der Waals surface area contributed by atoms with Crippen LogP contribution in [0, 0.1) is 0 Å². The fourth-order valence-corrected chi connectivity index (χ4v) is 3.85. The van der Waals surface area contributed by atoms with E-state index in [9.17, 15) is 14.7 Å². The van der Waals surface area contributed by atoms with Crippen molar-refractivity contribution >= 4 is 17.8 Å². The zero-order valence-corrected chi connectivity index (χ0v) is 15.9. The maximum atomic E-state index is 12.3. The first-order valence-electron chi connectivity index (χ1n) is 9.36. The van der Waals surface area contributed by atoms with Crippen molar-refractivity contribution in [2.24, 2.45) is 0 Å². The summed E-state index contributed by atoms with van der Waals surface area (Å²) in [6, 6.07) is 6.07. The second-order valence-electron chi connectivity index (χ2n) is 7.25. The van der Waals surface area contributed by atoms with Crippen LogP contribution in [0.15, 0.2) is 71.4 Å². The van der Waals surface area contributed by atoms with Gasteiger partial charge < -0.3 is 15.3 Å². The van der Waals surface area contributed by atoms with Crippen LogP contribution in [0.25, 0.3) is 6.08 Å². The Labute approximate surface area is 164 Å². The molecule has 3 aliphatic rings. The number of nitrogens with one attached hydrogen (secondary N) is 1. The molecule has 1 unspecified atom stereocenters. The van der Waals surface area contributed by atoms with Gasteiger partial charge in [-0.25, -0.2) is 4.79 Å². The van der Waals surface area contributed by atoms with Gasteiger partial charge in [0.25, 0.3) is 0 Å². The van der Waals surface area contributed by atoms with E-state index in [2.05, 4.69) is 5.32 Å². The van der Waals surface area contributed by atoms with Gasteiger partial charge in [-0.1, -0.05) is 37.3 Å². The molecule has 0 fully saturated rings. The van der Waals surface area contributed by atoms with Gasteiger partial charge in [-0.3, -0.25) is 4.79 Å². The lowest BCUT2D eigenvalue weighted by atomic mass is 9.83. The lowest BCUT2D eigenvalue weighted by Crippen LogP contribution is -2.30. The molecule has 142 valence electrons. The number of Topliss-reactive ketones (excluding diaryl/α,β-unsaturated/α-hetero) is 1. The first kappa shape index (κ1) is 18.0. The lowest BCUT2D eigenvalue weighted by Gasteiger charge is -2.29. The molecule has 2 N–H and O–H groups in total. The van der Waals surface area contributed by atoms with Gasteiger partial charge in [0.2, 0.25) is 0 Å². The van der Waals surface area contributed by atoms with E-state index >= 15 is 0 Å². The Hall–Kier alpha value is -3.34. The Morgan fingerprint density at radius 3 is 2.93 bits per heavy atom. The number of ketones is 1. The highest BCUT2D eigenvalue weighted by atomic mass is 16.4. The largest absolute Gasteiger partial charge is 0.476 e. The summed E-state index contributed by atoms with van der Waals surface area (Å²) in [6.07, 6.45) is 12.2. The molecule has 0 spiro atoms. The van der Waals surface area contributed by atoms with Gasteiger partial charge in [0.1, 0.15) is 0 Å². The van der Waals surface area contributed by atoms with Crippen LogP contribution in [-0.2, 0) is 16.1 Å². The summed E-state index contributed by atoms with van der Waals surface area (Å²) in [5, 5.41) is 13.0. The zero-order valence-electron chi connectivity index (χ0n) is 15.9. The number of carbonyl (C=O) groups is 2. The predicted octanol–water partition coefficient (Wildman–Crippen LogP) is 3.84. The summed E-state index contributed by atoms with van der Waals surface area (Å²) in [6.45, 7) is 4.26. The molecule has 0 radical (unpaired) electrons. The van der Waals surface area contributed by atoms with Crippen LogP contribution in [-0.4, -0.2) is 21.8 Å². The van der Waals surface area contributed by atoms with Gasteiger partial charge in [0.05, 0.1) is 5.70 Å². The minimum atomic E-state index is -0.977. The lowest BCUT2D eigenvalue weighted by molar-refractivity contribution is -0.134. The van der Waals surface area contributed by atoms with Gasteiger partial charge in [-0.15, -0.1) is 0 Å². The Balaban J connectivity index is 1.59. The molecule has 4 rings (SSSR count). The Morgan fingerprint density at radius 2 is 2.14 bits per heavy atom. The third-order valence-corrected chi connectivity index (χ3v) is 5.37. The number of benzene rings is 1. The number of carboxylic acid groups (broad SMARTS) is 1. The van der Waals surface area contributed by atoms with Crippen LogP contribution < -0.4 is 5.32 Å². The molecule has 0 saturated heterocycles. The molecule has 28 heavy (non-hydrogen) atoms. The Bertz CT molecular complexity index is 1020. The van der Waals surface area contributed by atoms with Crippen LogP contribution in [0.1, 0.15) is 42.9 Å². The van der Waals surface area contributed by atoms with Gasteiger partial charge in [0.15, 0.2) is 11.5 Å². The normalized spacial score (nSPS) is 20.4. The molecule has 1 aromatic rings. The van der Waals surface area contributed by atoms with E-state index in [1.54, 1.807) is 11.1 Å². The molecule has 0 aromatic heterocycles. The monoisotopic (exact) mass is 374 g/mol. The van der Waals surface area contributed by atoms with Crippen molar-refractivity contribution in [3.8, 4) is 0 Å². The highest BCUT2D eigenvalue weighted by Gasteiger charge is 2.26. The highest BCUT2D eigenvalue weighted by Crippen LogP contribution is 2.32. The second kappa shape index (κ2) is 7.00. The van der Waals surface area contributed by atoms with Crippen molar-refractivity contribution < 1.29 is 14.7 Å². The van der Waals surface area contributed by atoms with E-state index in [1.807, 2.05) is 62.4 Å². The van der Waals surface area contributed by atoms with Crippen molar-refractivity contribution in [1.82, 2.24) is 10.2 Å². The van der Waals surface area contributed by atoms with E-state index in [0.29, 0.717) is 12.2 Å². The molecule has 0 amide bonds. The number of fused-ring (bicyclic) bond motifs is 2. The first-order chi connectivity index (χ1) is 13.5. The first-order valence-corrected chi connectivity index (χ1v) is 9.36. The van der Waals surface area contributed by atoms with Crippen molar-refractivity contribution in [2.75, 3.05) is 0 Å². The third-order valence-electron chi connectivity index (χ3n) is 5.37. The molecule has 5 nitrogen and oxygen atoms in total. The van der Waals surface area contributed by atoms with E-state index in [-0.39, 0.29) is 17.4 Å². The summed E-state index contributed by atoms with van der Waals surface area (Å²) in [4.78, 5) is 25.8. The highest BCUT2D eigenvalue weighted by molar-refractivity contribution is 6.06. The zero-order chi connectivity index (χ0) is 19.8. The molecule has 0 saturated carbocycles. The molecule has 1 aromatic carbocycles. The second-order valence-corrected chi connectivity index (χ2v) is 7.25. The summed E-state index contributed by atoms with van der Waals surface area (Å²) in [7, 11) is 0. The molecule has 0 bridgehead atoms. The number of carboxylic acids is 1. The molecule has 1 aliphatic carbocycles. The number of carbonyl (C=O) groups excluding carboxylic acids is 1. The molecular formula is C23H22N2O3. The minimum Gasteiger partial charge on any atom is -0.476 e. The van der Waals surface area contributed by atoms with Gasteiger partial charge in [0, 0.05) is 24.4 Å². The summed E-state index contributed by atoms with van der Waals surface area (Å²) in [5.41, 5.74) is 5.53. The number of hydrogen-bond acceptors (Lipinski definition) is 4. The van der Waals surface area contributed by atoms with Crippen LogP contribution in [0.3, 0.4) is 0 Å². The van der Waals surface area contributed by atoms with Crippen LogP contribution in [0.5, 0.6) is 0 Å². The minimum absolute atomic E-state index is 0.153. The number of rotatable bonds is 4. The maximum Gasteiger partial charge on any atom is 0.355 e. The average Bonchev–Trinajstić information content (AvgIpc) is 2.70. The fourth-order valence-electron chi connectivity index (χ4n) is 3.85. The van der Waals surface area contributed by atoms with Crippen LogP contribution in [0.2, 0.25) is 0 Å². The topological polar surface area (TPSA) is 69.6 Å². The molecule has 2 heterocycles. The third kappa shape index (κ3) is 3.09. The maximum absolute atomic E-state index is 12.3. The Kier molecular flexibility index (Phi) is 4.51. The van der Waals surface area contributed by atoms with Crippen molar-refractivity contribution in [3.63, 3.8) is 0 Å². The quantitative estimate of drug-likeness (QED) is 0.838. The smallest absolute Gasteiger partial charge is 0.355 e. The van der Waals surface area contributed by atoms with Crippen LogP contribution >= 0.6 is 0 Å². The number of allylic oxidation sites excluding steroid dienone is 5. The van der Waals surface area contributed by atoms with Gasteiger partial charge >= 0.3 is 5.97 Å². The van der Waals surface area contributed by atoms with Gasteiger partial charge in [-0.2, -0.15) is 0 Å². The summed E-state index contributed by atoms with van der Waals surface area (Å²) in [5.74, 6) is -0.982. The molecule has 2 aliphatic heterocycles. The van der Waals surface area contributed by atoms with Crippen molar-refractivity contribution in [3.05, 3.63) is 88.1 Å². The summed E-state index contributed by atoms with van der Waals surface area (Å²) < 4.78 is 0. The SMILES string of the molecule is CC1=Cc2ccc(CNC3=C(C(=O)O)N4C=CCC=C4C=C3)cc2C(C)C1=O. The standard InChI is InChI=1S/C23H22N2O3/c1-14-11-17-7-6-16(12-19(17)15(2)22(14)26)13-24-20-9-8-18-5-3-4-10-25(18)21(20)23(27)28/h4-12,15,24H,3,13H2,1-2H3,(H,27,28). The molecule has 5 heteroatoms. The van der Waals surface area contributed by atoms with Crippen molar-refractivity contribution in [1.29, 1.82) is 0 Å². The Morgan fingerprint density at radius 1 is 1.32 bits per heavy atom. The van der Waals surface area contributed by atoms with E-state index in [1.165, 1.54) is 0 Å². The van der Waals surface area contributed by atoms with Crippen molar-refractivity contribution in [2.45, 2.75) is 32.7 Å². The summed E-state index contributed by atoms with van der Waals surface area (Å²) >= 11 is 0. The van der Waals surface area contributed by atoms with E-state index in [0.717, 1.165) is 34.4 Å². The predicted molar refractivity (Wildman–Crippen MR) is 108 cm³/mol. The molecule has 1 atom stereocenters. The number of hydrogen-bond donors (Lipinski definition) is 2. The van der Waals surface area contributed by atoms with E-state index in [4.69, 9.17) is 0 Å². The fraction of sp³-hybridized carbons (Fsp3) is 0.217. The van der Waals surface area contributed by atoms with Crippen LogP contribution in [0.4, 0.5) is 0 Å².